The molecule has 0 bridgehead atoms. The number of thiophene rings is 1. The van der Waals surface area contributed by atoms with Crippen LogP contribution in [0.2, 0.25) is 0 Å². The monoisotopic (exact) mass is 224 g/mol. The number of hydrogen-bond donors (Lipinski definition) is 2. The van der Waals surface area contributed by atoms with Gasteiger partial charge in [0.25, 0.3) is 0 Å². The molecule has 2 N–H and O–H groups in total. The van der Waals surface area contributed by atoms with Crippen LogP contribution in [0, 0.1) is 0 Å². The number of aromatic carboxylic acids is 1. The average molecular weight is 224 g/mol. The van der Waals surface area contributed by atoms with Crippen LogP contribution in [-0.2, 0) is 0 Å². The number of nitrogens with zero attached hydrogens (tertiary/aromatic N) is 1. The Kier molecular flexibility index (Phi) is 1.60. The number of fused-ring (bicyclic) bond motifs is 1. The summed E-state index contributed by atoms with van der Waals surface area (Å²) in [5.41, 5.74) is 2.08. The van der Waals surface area contributed by atoms with Crippen molar-refractivity contribution < 1.29 is 9.90 Å². The summed E-state index contributed by atoms with van der Waals surface area (Å²) in [6, 6.07) is 0. The lowest BCUT2D eigenvalue weighted by Gasteiger charge is -2.33. The number of rotatable bonds is 1. The normalized spacial score (nSPS) is 21.0. The number of carboxylic acid groups (broad SMARTS) is 1. The number of likely N-dealkylation sites (N-methyl/N-ethyl adjacent to an activating group) is 1. The van der Waals surface area contributed by atoms with Crippen LogP contribution in [0.5, 0.6) is 0 Å². The SMILES string of the molecule is CN1CC2(CC2)Nc2csc(C(=O)O)c21. The second-order valence-corrected chi connectivity index (χ2v) is 5.27. The highest BCUT2D eigenvalue weighted by molar-refractivity contribution is 7.13. The van der Waals surface area contributed by atoms with Crippen LogP contribution in [0.3, 0.4) is 0 Å². The van der Waals surface area contributed by atoms with Gasteiger partial charge in [0.1, 0.15) is 4.88 Å². The van der Waals surface area contributed by atoms with Gasteiger partial charge in [-0.15, -0.1) is 11.3 Å². The summed E-state index contributed by atoms with van der Waals surface area (Å²) in [6.45, 7) is 0.914. The van der Waals surface area contributed by atoms with Crippen molar-refractivity contribution in [3.05, 3.63) is 10.3 Å². The molecule has 80 valence electrons. The van der Waals surface area contributed by atoms with Crippen LogP contribution in [0.15, 0.2) is 5.38 Å². The van der Waals surface area contributed by atoms with Crippen molar-refractivity contribution in [1.82, 2.24) is 0 Å². The van der Waals surface area contributed by atoms with Crippen LogP contribution in [0.25, 0.3) is 0 Å². The predicted molar refractivity (Wildman–Crippen MR) is 60.1 cm³/mol. The highest BCUT2D eigenvalue weighted by Crippen LogP contribution is 2.49. The highest BCUT2D eigenvalue weighted by atomic mass is 32.1. The Morgan fingerprint density at radius 1 is 1.67 bits per heavy atom. The maximum absolute atomic E-state index is 11.0. The van der Waals surface area contributed by atoms with Crippen molar-refractivity contribution in [1.29, 1.82) is 0 Å². The van der Waals surface area contributed by atoms with E-state index in [1.54, 1.807) is 0 Å². The summed E-state index contributed by atoms with van der Waals surface area (Å²) in [6.07, 6.45) is 2.38. The second-order valence-electron chi connectivity index (χ2n) is 4.39. The first-order valence-electron chi connectivity index (χ1n) is 4.95. The molecule has 4 nitrogen and oxygen atoms in total. The van der Waals surface area contributed by atoms with Gasteiger partial charge in [0.15, 0.2) is 0 Å². The average Bonchev–Trinajstić information content (AvgIpc) is 2.76. The summed E-state index contributed by atoms with van der Waals surface area (Å²) in [7, 11) is 1.97. The van der Waals surface area contributed by atoms with E-state index in [9.17, 15) is 4.79 Å². The molecule has 0 saturated heterocycles. The molecule has 0 aromatic carbocycles. The fourth-order valence-electron chi connectivity index (χ4n) is 2.26. The Bertz CT molecular complexity index is 437. The Morgan fingerprint density at radius 2 is 2.40 bits per heavy atom. The van der Waals surface area contributed by atoms with Crippen LogP contribution < -0.4 is 10.2 Å². The van der Waals surface area contributed by atoms with E-state index >= 15 is 0 Å². The van der Waals surface area contributed by atoms with Gasteiger partial charge in [0.05, 0.1) is 16.9 Å². The summed E-state index contributed by atoms with van der Waals surface area (Å²) in [5, 5.41) is 14.4. The lowest BCUT2D eigenvalue weighted by Crippen LogP contribution is -2.41. The fourth-order valence-corrected chi connectivity index (χ4v) is 3.15. The zero-order valence-electron chi connectivity index (χ0n) is 8.41. The summed E-state index contributed by atoms with van der Waals surface area (Å²) < 4.78 is 0. The summed E-state index contributed by atoms with van der Waals surface area (Å²) >= 11 is 1.30. The summed E-state index contributed by atoms with van der Waals surface area (Å²) in [4.78, 5) is 13.5. The van der Waals surface area contributed by atoms with Crippen LogP contribution in [-0.4, -0.2) is 30.2 Å². The minimum atomic E-state index is -0.832. The lowest BCUT2D eigenvalue weighted by atomic mass is 10.1. The predicted octanol–water partition coefficient (Wildman–Crippen LogP) is 1.84. The molecule has 1 aliphatic heterocycles. The van der Waals surface area contributed by atoms with Crippen molar-refractivity contribution in [2.75, 3.05) is 23.8 Å². The quantitative estimate of drug-likeness (QED) is 0.764. The van der Waals surface area contributed by atoms with Gasteiger partial charge in [0.2, 0.25) is 0 Å². The van der Waals surface area contributed by atoms with Gasteiger partial charge in [-0.25, -0.2) is 4.79 Å². The molecular weight excluding hydrogens is 212 g/mol. The molecule has 1 saturated carbocycles. The Hall–Kier alpha value is -1.23. The molecule has 0 radical (unpaired) electrons. The van der Waals surface area contributed by atoms with E-state index in [1.807, 2.05) is 12.4 Å². The number of hydrogen-bond acceptors (Lipinski definition) is 4. The first-order chi connectivity index (χ1) is 7.11. The third-order valence-corrected chi connectivity index (χ3v) is 4.09. The lowest BCUT2D eigenvalue weighted by molar-refractivity contribution is 0.0702. The number of anilines is 2. The van der Waals surface area contributed by atoms with E-state index < -0.39 is 5.97 Å². The molecule has 0 atom stereocenters. The zero-order chi connectivity index (χ0) is 10.6. The van der Waals surface area contributed by atoms with Gasteiger partial charge in [-0.2, -0.15) is 0 Å². The number of carbonyl (C=O) groups is 1. The van der Waals surface area contributed by atoms with Gasteiger partial charge >= 0.3 is 5.97 Å². The van der Waals surface area contributed by atoms with Gasteiger partial charge < -0.3 is 15.3 Å². The minimum absolute atomic E-state index is 0.235. The first-order valence-corrected chi connectivity index (χ1v) is 5.83. The largest absolute Gasteiger partial charge is 0.477 e. The molecule has 1 aliphatic carbocycles. The third kappa shape index (κ3) is 1.23. The molecular formula is C10H12N2O2S. The van der Waals surface area contributed by atoms with E-state index in [0.717, 1.165) is 17.9 Å². The molecule has 0 amide bonds. The third-order valence-electron chi connectivity index (χ3n) is 3.13. The van der Waals surface area contributed by atoms with Crippen molar-refractivity contribution in [2.45, 2.75) is 18.4 Å². The first kappa shape index (κ1) is 9.03. The van der Waals surface area contributed by atoms with Gasteiger partial charge in [-0.3, -0.25) is 0 Å². The van der Waals surface area contributed by atoms with E-state index in [1.165, 1.54) is 24.2 Å². The van der Waals surface area contributed by atoms with E-state index in [4.69, 9.17) is 5.11 Å². The van der Waals surface area contributed by atoms with Crippen molar-refractivity contribution >= 4 is 28.7 Å². The van der Waals surface area contributed by atoms with E-state index in [-0.39, 0.29) is 5.54 Å². The Morgan fingerprint density at radius 3 is 3.00 bits per heavy atom. The maximum atomic E-state index is 11.0. The Labute approximate surface area is 91.5 Å². The molecule has 2 aliphatic rings. The summed E-state index contributed by atoms with van der Waals surface area (Å²) in [5.74, 6) is -0.832. The molecule has 5 heteroatoms. The topological polar surface area (TPSA) is 52.6 Å². The molecule has 1 spiro atoms. The smallest absolute Gasteiger partial charge is 0.348 e. The van der Waals surface area contributed by atoms with E-state index in [2.05, 4.69) is 10.2 Å². The molecule has 15 heavy (non-hydrogen) atoms. The van der Waals surface area contributed by atoms with E-state index in [0.29, 0.717) is 4.88 Å². The second kappa shape index (κ2) is 2.66. The number of carboxylic acids is 1. The Balaban J connectivity index is 2.06. The molecule has 2 heterocycles. The van der Waals surface area contributed by atoms with Crippen LogP contribution in [0.4, 0.5) is 11.4 Å². The van der Waals surface area contributed by atoms with Crippen molar-refractivity contribution in [3.8, 4) is 0 Å². The molecule has 1 aromatic heterocycles. The van der Waals surface area contributed by atoms with Gasteiger partial charge in [-0.05, 0) is 12.8 Å². The minimum Gasteiger partial charge on any atom is -0.477 e. The van der Waals surface area contributed by atoms with Gasteiger partial charge in [-0.1, -0.05) is 0 Å². The molecule has 1 aromatic rings. The van der Waals surface area contributed by atoms with Gasteiger partial charge in [0, 0.05) is 19.0 Å². The van der Waals surface area contributed by atoms with Crippen molar-refractivity contribution in [2.24, 2.45) is 0 Å². The molecule has 3 rings (SSSR count). The van der Waals surface area contributed by atoms with Crippen LogP contribution in [0.1, 0.15) is 22.5 Å². The van der Waals surface area contributed by atoms with Crippen molar-refractivity contribution in [3.63, 3.8) is 0 Å². The molecule has 1 fully saturated rings. The highest BCUT2D eigenvalue weighted by Gasteiger charge is 2.47. The van der Waals surface area contributed by atoms with Crippen LogP contribution >= 0.6 is 11.3 Å². The number of nitrogens with one attached hydrogen (secondary N) is 1. The fraction of sp³-hybridized carbons (Fsp3) is 0.500. The standard InChI is InChI=1S/C10H12N2O2S/c1-12-5-10(2-3-10)11-6-4-15-8(7(6)12)9(13)14/h4,11H,2-3,5H2,1H3,(H,13,14). The maximum Gasteiger partial charge on any atom is 0.348 e. The zero-order valence-corrected chi connectivity index (χ0v) is 9.23. The molecule has 0 unspecified atom stereocenters.